The second-order valence-electron chi connectivity index (χ2n) is 4.25. The molecule has 1 aromatic rings. The van der Waals surface area contributed by atoms with Crippen LogP contribution in [0.2, 0.25) is 0 Å². The first-order valence-electron chi connectivity index (χ1n) is 6.12. The number of aliphatic imine (C=N–C) groups is 1. The van der Waals surface area contributed by atoms with Crippen LogP contribution in [0.3, 0.4) is 0 Å². The number of nitrogens with one attached hydrogen (secondary N) is 1. The summed E-state index contributed by atoms with van der Waals surface area (Å²) in [5.74, 6) is 0.385. The summed E-state index contributed by atoms with van der Waals surface area (Å²) < 4.78 is 31.3. The lowest BCUT2D eigenvalue weighted by Crippen LogP contribution is -2.37. The van der Waals surface area contributed by atoms with Gasteiger partial charge in [0.1, 0.15) is 12.4 Å². The van der Waals surface area contributed by atoms with Crippen molar-refractivity contribution in [2.45, 2.75) is 32.0 Å². The molecule has 1 unspecified atom stereocenters. The van der Waals surface area contributed by atoms with Gasteiger partial charge in [0.05, 0.1) is 6.10 Å². The number of hydrogen-bond donors (Lipinski definition) is 2. The number of alkyl halides is 2. The quantitative estimate of drug-likeness (QED) is 0.616. The highest BCUT2D eigenvalue weighted by molar-refractivity contribution is 5.77. The molecular formula is C11H17F2N5O. The fraction of sp³-hybridized carbons (Fsp3) is 0.636. The lowest BCUT2D eigenvalue weighted by Gasteiger charge is -2.11. The number of rotatable bonds is 5. The third-order valence-corrected chi connectivity index (χ3v) is 2.88. The highest BCUT2D eigenvalue weighted by Crippen LogP contribution is 2.13. The van der Waals surface area contributed by atoms with E-state index in [0.29, 0.717) is 6.54 Å². The number of ether oxygens (including phenoxy) is 1. The zero-order valence-electron chi connectivity index (χ0n) is 10.4. The van der Waals surface area contributed by atoms with E-state index in [9.17, 15) is 8.78 Å². The maximum atomic E-state index is 12.5. The first-order valence-corrected chi connectivity index (χ1v) is 6.12. The summed E-state index contributed by atoms with van der Waals surface area (Å²) in [5.41, 5.74) is 5.65. The third-order valence-electron chi connectivity index (χ3n) is 2.88. The Morgan fingerprint density at radius 3 is 3.21 bits per heavy atom. The summed E-state index contributed by atoms with van der Waals surface area (Å²) in [6.07, 6.45) is 4.72. The molecular weight excluding hydrogens is 256 g/mol. The molecule has 0 bridgehead atoms. The zero-order valence-corrected chi connectivity index (χ0v) is 10.4. The molecule has 3 N–H and O–H groups in total. The number of halogens is 2. The molecule has 2 rings (SSSR count). The van der Waals surface area contributed by atoms with E-state index in [-0.39, 0.29) is 24.4 Å². The van der Waals surface area contributed by atoms with Gasteiger partial charge in [0.2, 0.25) is 0 Å². The minimum absolute atomic E-state index is 0.0156. The maximum Gasteiger partial charge on any atom is 0.319 e. The van der Waals surface area contributed by atoms with Gasteiger partial charge in [-0.25, -0.2) is 9.98 Å². The molecule has 0 aromatic carbocycles. The van der Waals surface area contributed by atoms with E-state index in [1.807, 2.05) is 0 Å². The summed E-state index contributed by atoms with van der Waals surface area (Å²) in [6.45, 7) is -1.25. The van der Waals surface area contributed by atoms with Crippen molar-refractivity contribution < 1.29 is 13.5 Å². The van der Waals surface area contributed by atoms with Crippen LogP contribution in [0.4, 0.5) is 8.78 Å². The molecule has 0 saturated carbocycles. The van der Waals surface area contributed by atoms with Crippen molar-refractivity contribution in [3.05, 3.63) is 18.2 Å². The van der Waals surface area contributed by atoms with Gasteiger partial charge >= 0.3 is 6.55 Å². The predicted octanol–water partition coefficient (Wildman–Crippen LogP) is 0.861. The standard InChI is InChI=1S/C11H17F2N5O/c12-10(13)18-4-3-15-9(18)7-17-11(14)16-6-8-2-1-5-19-8/h3-4,8,10H,1-2,5-7H2,(H3,14,16,17). The van der Waals surface area contributed by atoms with Crippen LogP contribution in [0, 0.1) is 0 Å². The minimum Gasteiger partial charge on any atom is -0.376 e. The second kappa shape index (κ2) is 6.46. The van der Waals surface area contributed by atoms with Crippen molar-refractivity contribution in [3.8, 4) is 0 Å². The van der Waals surface area contributed by atoms with Gasteiger partial charge in [-0.3, -0.25) is 4.57 Å². The molecule has 1 atom stereocenters. The Morgan fingerprint density at radius 1 is 1.68 bits per heavy atom. The van der Waals surface area contributed by atoms with Crippen LogP contribution in [-0.2, 0) is 11.3 Å². The Morgan fingerprint density at radius 2 is 2.53 bits per heavy atom. The number of imidazole rings is 1. The number of nitrogens with two attached hydrogens (primary N) is 1. The summed E-state index contributed by atoms with van der Waals surface area (Å²) in [6, 6.07) is 0. The fourth-order valence-electron chi connectivity index (χ4n) is 1.88. The Kier molecular flexibility index (Phi) is 4.67. The van der Waals surface area contributed by atoms with E-state index in [1.54, 1.807) is 0 Å². The normalized spacial score (nSPS) is 20.2. The number of guanidine groups is 1. The summed E-state index contributed by atoms with van der Waals surface area (Å²) in [4.78, 5) is 7.80. The molecule has 1 aliphatic heterocycles. The van der Waals surface area contributed by atoms with Gasteiger partial charge in [0, 0.05) is 25.5 Å². The van der Waals surface area contributed by atoms with Crippen molar-refractivity contribution in [1.29, 1.82) is 0 Å². The largest absolute Gasteiger partial charge is 0.376 e. The molecule has 1 saturated heterocycles. The van der Waals surface area contributed by atoms with E-state index in [1.165, 1.54) is 12.4 Å². The van der Waals surface area contributed by atoms with Gasteiger partial charge in [-0.15, -0.1) is 0 Å². The van der Waals surface area contributed by atoms with Crippen molar-refractivity contribution in [1.82, 2.24) is 14.9 Å². The highest BCUT2D eigenvalue weighted by Gasteiger charge is 2.15. The maximum absolute atomic E-state index is 12.5. The molecule has 106 valence electrons. The first kappa shape index (κ1) is 13.7. The van der Waals surface area contributed by atoms with Crippen LogP contribution < -0.4 is 11.1 Å². The van der Waals surface area contributed by atoms with Gasteiger partial charge in [0.25, 0.3) is 0 Å². The van der Waals surface area contributed by atoms with Gasteiger partial charge in [-0.1, -0.05) is 0 Å². The van der Waals surface area contributed by atoms with E-state index >= 15 is 0 Å². The van der Waals surface area contributed by atoms with Crippen LogP contribution in [0.25, 0.3) is 0 Å². The second-order valence-corrected chi connectivity index (χ2v) is 4.25. The smallest absolute Gasteiger partial charge is 0.319 e. The Balaban J connectivity index is 1.81. The molecule has 0 amide bonds. The number of nitrogens with zero attached hydrogens (tertiary/aromatic N) is 3. The topological polar surface area (TPSA) is 77.5 Å². The molecule has 0 spiro atoms. The number of hydrogen-bond acceptors (Lipinski definition) is 3. The van der Waals surface area contributed by atoms with E-state index in [4.69, 9.17) is 10.5 Å². The Labute approximate surface area is 109 Å². The highest BCUT2D eigenvalue weighted by atomic mass is 19.3. The van der Waals surface area contributed by atoms with E-state index in [2.05, 4.69) is 15.3 Å². The van der Waals surface area contributed by atoms with Crippen LogP contribution in [0.1, 0.15) is 25.2 Å². The molecule has 0 radical (unpaired) electrons. The van der Waals surface area contributed by atoms with Crippen LogP contribution in [0.5, 0.6) is 0 Å². The summed E-state index contributed by atoms with van der Waals surface area (Å²) >= 11 is 0. The molecule has 19 heavy (non-hydrogen) atoms. The lowest BCUT2D eigenvalue weighted by molar-refractivity contribution is 0.0671. The lowest BCUT2D eigenvalue weighted by atomic mass is 10.2. The molecule has 1 aliphatic rings. The van der Waals surface area contributed by atoms with Crippen LogP contribution in [-0.4, -0.2) is 34.8 Å². The van der Waals surface area contributed by atoms with Gasteiger partial charge in [-0.2, -0.15) is 8.78 Å². The number of aromatic nitrogens is 2. The van der Waals surface area contributed by atoms with Crippen molar-refractivity contribution in [2.24, 2.45) is 10.7 Å². The monoisotopic (exact) mass is 273 g/mol. The molecule has 2 heterocycles. The predicted molar refractivity (Wildman–Crippen MR) is 65.8 cm³/mol. The summed E-state index contributed by atoms with van der Waals surface area (Å²) in [5, 5.41) is 2.91. The van der Waals surface area contributed by atoms with Crippen molar-refractivity contribution in [2.75, 3.05) is 13.2 Å². The fourth-order valence-corrected chi connectivity index (χ4v) is 1.88. The van der Waals surface area contributed by atoms with Gasteiger partial charge in [-0.05, 0) is 12.8 Å². The molecule has 1 fully saturated rings. The van der Waals surface area contributed by atoms with E-state index in [0.717, 1.165) is 24.0 Å². The Hall–Kier alpha value is -1.70. The zero-order chi connectivity index (χ0) is 13.7. The molecule has 0 aliphatic carbocycles. The summed E-state index contributed by atoms with van der Waals surface area (Å²) in [7, 11) is 0. The SMILES string of the molecule is NC(=NCc1nccn1C(F)F)NCC1CCCO1. The average molecular weight is 273 g/mol. The van der Waals surface area contributed by atoms with Crippen LogP contribution >= 0.6 is 0 Å². The molecule has 8 heteroatoms. The van der Waals surface area contributed by atoms with Crippen molar-refractivity contribution >= 4 is 5.96 Å². The van der Waals surface area contributed by atoms with Crippen molar-refractivity contribution in [3.63, 3.8) is 0 Å². The molecule has 1 aromatic heterocycles. The minimum atomic E-state index is -2.62. The van der Waals surface area contributed by atoms with Gasteiger partial charge in [0.15, 0.2) is 5.96 Å². The Bertz CT molecular complexity index is 428. The average Bonchev–Trinajstić information content (AvgIpc) is 3.04. The first-order chi connectivity index (χ1) is 9.16. The van der Waals surface area contributed by atoms with Crippen LogP contribution in [0.15, 0.2) is 17.4 Å². The molecule has 6 nitrogen and oxygen atoms in total. The van der Waals surface area contributed by atoms with Gasteiger partial charge < -0.3 is 15.8 Å². The third kappa shape index (κ3) is 3.88. The van der Waals surface area contributed by atoms with E-state index < -0.39 is 6.55 Å².